The normalized spacial score (nSPS) is 16.7. The Morgan fingerprint density at radius 2 is 1.19 bits per heavy atom. The molecule has 2 aromatic carbocycles. The van der Waals surface area contributed by atoms with Crippen molar-refractivity contribution in [3.05, 3.63) is 48.0 Å². The van der Waals surface area contributed by atoms with Crippen LogP contribution in [0.2, 0.25) is 0 Å². The van der Waals surface area contributed by atoms with E-state index >= 15 is 0 Å². The molecule has 5 nitrogen and oxygen atoms in total. The first-order valence-electron chi connectivity index (χ1n) is 11.4. The molecule has 0 saturated carbocycles. The standard InChI is InChI=1S/C26H36O5/c1-4-26(2,3)21-12-13-24-25(20-21)29-15-9-5-8-14-28-22-10-6-7-11-23(22)30-18-16-27-17-19-31-24/h6-7,10-13,20H,4-5,8-9,14-19H2,1-3H3. The maximum Gasteiger partial charge on any atom is 0.161 e. The molecular formula is C26H36O5. The average Bonchev–Trinajstić information content (AvgIpc) is 2.78. The number of benzene rings is 2. The maximum absolute atomic E-state index is 6.14. The molecule has 0 N–H and O–H groups in total. The number of fused-ring (bicyclic) bond motifs is 2. The molecule has 0 spiro atoms. The SMILES string of the molecule is CCC(C)(C)c1ccc2c(c1)OCCCCCOc1ccccc1OCCOCCO2. The predicted octanol–water partition coefficient (Wildman–Crippen LogP) is 5.79. The monoisotopic (exact) mass is 428 g/mol. The van der Waals surface area contributed by atoms with Crippen LogP contribution in [0.5, 0.6) is 23.0 Å². The smallest absolute Gasteiger partial charge is 0.161 e. The Balaban J connectivity index is 1.64. The Hall–Kier alpha value is -2.40. The van der Waals surface area contributed by atoms with E-state index in [1.165, 1.54) is 5.56 Å². The molecule has 0 fully saturated rings. The molecule has 0 aliphatic carbocycles. The van der Waals surface area contributed by atoms with Crippen molar-refractivity contribution in [2.24, 2.45) is 0 Å². The minimum absolute atomic E-state index is 0.0984. The molecule has 1 aliphatic rings. The van der Waals surface area contributed by atoms with E-state index in [1.54, 1.807) is 0 Å². The van der Waals surface area contributed by atoms with Crippen molar-refractivity contribution in [3.63, 3.8) is 0 Å². The van der Waals surface area contributed by atoms with E-state index in [0.29, 0.717) is 39.6 Å². The summed E-state index contributed by atoms with van der Waals surface area (Å²) in [4.78, 5) is 0. The summed E-state index contributed by atoms with van der Waals surface area (Å²) in [6.45, 7) is 9.95. The van der Waals surface area contributed by atoms with Gasteiger partial charge in [0.25, 0.3) is 0 Å². The van der Waals surface area contributed by atoms with E-state index in [9.17, 15) is 0 Å². The topological polar surface area (TPSA) is 46.2 Å². The molecule has 170 valence electrons. The highest BCUT2D eigenvalue weighted by atomic mass is 16.6. The molecule has 0 amide bonds. The fourth-order valence-electron chi connectivity index (χ4n) is 3.32. The Morgan fingerprint density at radius 3 is 1.81 bits per heavy atom. The summed E-state index contributed by atoms with van der Waals surface area (Å²) in [5.41, 5.74) is 1.36. The van der Waals surface area contributed by atoms with Crippen molar-refractivity contribution in [2.75, 3.05) is 39.6 Å². The summed E-state index contributed by atoms with van der Waals surface area (Å²) in [5, 5.41) is 0. The number of hydrogen-bond acceptors (Lipinski definition) is 5. The molecule has 0 aromatic heterocycles. The van der Waals surface area contributed by atoms with Crippen LogP contribution in [0.4, 0.5) is 0 Å². The molecule has 1 aliphatic heterocycles. The zero-order chi connectivity index (χ0) is 21.9. The Labute approximate surface area is 186 Å². The van der Waals surface area contributed by atoms with Gasteiger partial charge in [-0.05, 0) is 60.9 Å². The molecule has 1 heterocycles. The summed E-state index contributed by atoms with van der Waals surface area (Å²) < 4.78 is 29.6. The van der Waals surface area contributed by atoms with Gasteiger partial charge in [-0.3, -0.25) is 0 Å². The maximum atomic E-state index is 6.14. The first-order valence-corrected chi connectivity index (χ1v) is 11.4. The van der Waals surface area contributed by atoms with Gasteiger partial charge in [0.2, 0.25) is 0 Å². The van der Waals surface area contributed by atoms with Crippen LogP contribution in [0.25, 0.3) is 0 Å². The van der Waals surface area contributed by atoms with Gasteiger partial charge < -0.3 is 23.7 Å². The van der Waals surface area contributed by atoms with Crippen molar-refractivity contribution in [1.29, 1.82) is 0 Å². The molecule has 0 saturated heterocycles. The molecule has 0 bridgehead atoms. The van der Waals surface area contributed by atoms with E-state index in [1.807, 2.05) is 30.3 Å². The molecule has 0 radical (unpaired) electrons. The van der Waals surface area contributed by atoms with E-state index in [4.69, 9.17) is 23.7 Å². The van der Waals surface area contributed by atoms with Gasteiger partial charge in [0.05, 0.1) is 26.4 Å². The molecule has 0 atom stereocenters. The van der Waals surface area contributed by atoms with Gasteiger partial charge in [-0.1, -0.05) is 39.0 Å². The number of para-hydroxylation sites is 2. The Bertz CT molecular complexity index is 802. The highest BCUT2D eigenvalue weighted by Crippen LogP contribution is 2.35. The summed E-state index contributed by atoms with van der Waals surface area (Å²) in [7, 11) is 0. The van der Waals surface area contributed by atoms with Crippen molar-refractivity contribution in [1.82, 2.24) is 0 Å². The zero-order valence-electron chi connectivity index (χ0n) is 19.2. The largest absolute Gasteiger partial charge is 0.490 e. The molecule has 0 unspecified atom stereocenters. The van der Waals surface area contributed by atoms with Gasteiger partial charge in [0.1, 0.15) is 13.2 Å². The van der Waals surface area contributed by atoms with Crippen LogP contribution >= 0.6 is 0 Å². The van der Waals surface area contributed by atoms with Gasteiger partial charge in [-0.2, -0.15) is 0 Å². The van der Waals surface area contributed by atoms with E-state index < -0.39 is 0 Å². The zero-order valence-corrected chi connectivity index (χ0v) is 19.2. The fraction of sp³-hybridized carbons (Fsp3) is 0.538. The second-order valence-electron chi connectivity index (χ2n) is 8.41. The van der Waals surface area contributed by atoms with Crippen molar-refractivity contribution in [3.8, 4) is 23.0 Å². The lowest BCUT2D eigenvalue weighted by atomic mass is 9.82. The van der Waals surface area contributed by atoms with Crippen LogP contribution in [0.3, 0.4) is 0 Å². The third kappa shape index (κ3) is 7.06. The van der Waals surface area contributed by atoms with Gasteiger partial charge >= 0.3 is 0 Å². The minimum Gasteiger partial charge on any atom is -0.490 e. The molecule has 5 heteroatoms. The molecule has 31 heavy (non-hydrogen) atoms. The summed E-state index contributed by atoms with van der Waals surface area (Å²) >= 11 is 0. The first kappa shape index (κ1) is 23.3. The van der Waals surface area contributed by atoms with Crippen molar-refractivity contribution < 1.29 is 23.7 Å². The lowest BCUT2D eigenvalue weighted by Crippen LogP contribution is -2.16. The van der Waals surface area contributed by atoms with Crippen LogP contribution in [0.1, 0.15) is 52.0 Å². The lowest BCUT2D eigenvalue weighted by Gasteiger charge is -2.25. The second kappa shape index (κ2) is 11.8. The van der Waals surface area contributed by atoms with Crippen LogP contribution in [-0.2, 0) is 10.2 Å². The van der Waals surface area contributed by atoms with Gasteiger partial charge in [0.15, 0.2) is 23.0 Å². The van der Waals surface area contributed by atoms with Crippen LogP contribution < -0.4 is 18.9 Å². The average molecular weight is 429 g/mol. The van der Waals surface area contributed by atoms with Crippen LogP contribution in [0.15, 0.2) is 42.5 Å². The number of hydrogen-bond donors (Lipinski definition) is 0. The van der Waals surface area contributed by atoms with Crippen LogP contribution in [0, 0.1) is 0 Å². The van der Waals surface area contributed by atoms with Crippen LogP contribution in [-0.4, -0.2) is 39.6 Å². The third-order valence-corrected chi connectivity index (χ3v) is 5.73. The van der Waals surface area contributed by atoms with E-state index in [2.05, 4.69) is 32.9 Å². The van der Waals surface area contributed by atoms with Crippen molar-refractivity contribution >= 4 is 0 Å². The highest BCUT2D eigenvalue weighted by Gasteiger charge is 2.20. The quantitative estimate of drug-likeness (QED) is 0.606. The Kier molecular flexibility index (Phi) is 8.89. The summed E-state index contributed by atoms with van der Waals surface area (Å²) in [6, 6.07) is 14.1. The summed E-state index contributed by atoms with van der Waals surface area (Å²) in [6.07, 6.45) is 4.03. The lowest BCUT2D eigenvalue weighted by molar-refractivity contribution is 0.0744. The summed E-state index contributed by atoms with van der Waals surface area (Å²) in [5.74, 6) is 3.12. The predicted molar refractivity (Wildman–Crippen MR) is 123 cm³/mol. The second-order valence-corrected chi connectivity index (χ2v) is 8.41. The van der Waals surface area contributed by atoms with Gasteiger partial charge in [0, 0.05) is 0 Å². The van der Waals surface area contributed by atoms with Gasteiger partial charge in [-0.25, -0.2) is 0 Å². The van der Waals surface area contributed by atoms with Gasteiger partial charge in [-0.15, -0.1) is 0 Å². The highest BCUT2D eigenvalue weighted by molar-refractivity contribution is 5.45. The molecule has 3 rings (SSSR count). The minimum atomic E-state index is 0.0984. The fourth-order valence-corrected chi connectivity index (χ4v) is 3.32. The third-order valence-electron chi connectivity index (χ3n) is 5.73. The number of rotatable bonds is 2. The van der Waals surface area contributed by atoms with E-state index in [0.717, 1.165) is 48.7 Å². The molecular weight excluding hydrogens is 392 g/mol. The Morgan fingerprint density at radius 1 is 0.645 bits per heavy atom. The molecule has 2 aromatic rings. The van der Waals surface area contributed by atoms with E-state index in [-0.39, 0.29) is 5.41 Å². The van der Waals surface area contributed by atoms with Crippen molar-refractivity contribution in [2.45, 2.75) is 51.9 Å². The first-order chi connectivity index (χ1) is 15.1. The number of ether oxygens (including phenoxy) is 5.